The van der Waals surface area contributed by atoms with E-state index in [1.807, 2.05) is 59.2 Å². The summed E-state index contributed by atoms with van der Waals surface area (Å²) in [6, 6.07) is 7.94. The molecule has 0 saturated carbocycles. The predicted molar refractivity (Wildman–Crippen MR) is 70.1 cm³/mol. The van der Waals surface area contributed by atoms with Gasteiger partial charge in [0.15, 0.2) is 6.54 Å². The Bertz CT molecular complexity index is 534. The molecular weight excluding hydrogens is 262 g/mol. The second-order valence-electron chi connectivity index (χ2n) is 4.35. The van der Waals surface area contributed by atoms with Crippen molar-refractivity contribution in [2.75, 3.05) is 5.32 Å². The van der Waals surface area contributed by atoms with Crippen LogP contribution in [-0.4, -0.2) is 10.5 Å². The molecule has 0 atom stereocenters. The zero-order valence-corrected chi connectivity index (χ0v) is 11.9. The van der Waals surface area contributed by atoms with Crippen LogP contribution in [0.2, 0.25) is 0 Å². The average molecular weight is 280 g/mol. The first kappa shape index (κ1) is 15.2. The van der Waals surface area contributed by atoms with E-state index in [0.29, 0.717) is 6.54 Å². The molecule has 1 amide bonds. The van der Waals surface area contributed by atoms with Gasteiger partial charge in [0, 0.05) is 5.69 Å². The second kappa shape index (κ2) is 6.95. The Morgan fingerprint density at radius 1 is 1.32 bits per heavy atom. The quantitative estimate of drug-likeness (QED) is 0.681. The van der Waals surface area contributed by atoms with Crippen molar-refractivity contribution >= 4 is 11.6 Å². The number of hydrogen-bond acceptors (Lipinski definition) is 1. The highest BCUT2D eigenvalue weighted by Crippen LogP contribution is 2.09. The van der Waals surface area contributed by atoms with Crippen molar-refractivity contribution in [2.24, 2.45) is 7.05 Å². The first-order valence-corrected chi connectivity index (χ1v) is 6.07. The van der Waals surface area contributed by atoms with Crippen LogP contribution in [0.1, 0.15) is 12.5 Å². The van der Waals surface area contributed by atoms with Crippen molar-refractivity contribution in [3.63, 3.8) is 0 Å². The molecule has 0 aliphatic rings. The monoisotopic (exact) mass is 279 g/mol. The van der Waals surface area contributed by atoms with Crippen LogP contribution in [0.3, 0.4) is 0 Å². The van der Waals surface area contributed by atoms with E-state index in [1.165, 1.54) is 5.56 Å². The van der Waals surface area contributed by atoms with Gasteiger partial charge in [-0.2, -0.15) is 0 Å². The highest BCUT2D eigenvalue weighted by Gasteiger charge is 2.07. The van der Waals surface area contributed by atoms with Gasteiger partial charge in [0.2, 0.25) is 6.33 Å². The molecule has 4 nitrogen and oxygen atoms in total. The first-order valence-electron chi connectivity index (χ1n) is 6.07. The number of amides is 1. The van der Waals surface area contributed by atoms with Gasteiger partial charge in [-0.1, -0.05) is 19.1 Å². The number of imidazole rings is 1. The molecule has 102 valence electrons. The maximum Gasteiger partial charge on any atom is 0.266 e. The van der Waals surface area contributed by atoms with Crippen molar-refractivity contribution in [3.8, 4) is 0 Å². The summed E-state index contributed by atoms with van der Waals surface area (Å²) in [7, 11) is 1.93. The van der Waals surface area contributed by atoms with Gasteiger partial charge in [-0.25, -0.2) is 9.13 Å². The average Bonchev–Trinajstić information content (AvgIpc) is 2.75. The van der Waals surface area contributed by atoms with Crippen molar-refractivity contribution in [1.29, 1.82) is 0 Å². The van der Waals surface area contributed by atoms with Crippen LogP contribution in [0, 0.1) is 0 Å². The number of aromatic nitrogens is 2. The molecule has 1 N–H and O–H groups in total. The van der Waals surface area contributed by atoms with Crippen LogP contribution in [-0.2, 0) is 24.8 Å². The van der Waals surface area contributed by atoms with Gasteiger partial charge in [0.1, 0.15) is 12.4 Å². The van der Waals surface area contributed by atoms with Crippen LogP contribution >= 0.6 is 0 Å². The molecule has 0 saturated heterocycles. The highest BCUT2D eigenvalue weighted by molar-refractivity contribution is 5.90. The molecule has 2 aromatic rings. The number of anilines is 1. The molecule has 0 unspecified atom stereocenters. The third kappa shape index (κ3) is 4.41. The molecule has 2 rings (SSSR count). The Morgan fingerprint density at radius 2 is 2.00 bits per heavy atom. The Balaban J connectivity index is 0.00000180. The van der Waals surface area contributed by atoms with Gasteiger partial charge >= 0.3 is 0 Å². The minimum Gasteiger partial charge on any atom is -1.00 e. The number of rotatable bonds is 4. The summed E-state index contributed by atoms with van der Waals surface area (Å²) in [5.74, 6) is -0.0181. The van der Waals surface area contributed by atoms with Gasteiger partial charge in [-0.3, -0.25) is 4.79 Å². The lowest BCUT2D eigenvalue weighted by Gasteiger charge is -2.04. The number of nitrogens with zero attached hydrogens (tertiary/aromatic N) is 2. The topological polar surface area (TPSA) is 37.9 Å². The molecule has 19 heavy (non-hydrogen) atoms. The molecule has 1 aromatic heterocycles. The summed E-state index contributed by atoms with van der Waals surface area (Å²) in [4.78, 5) is 11.8. The van der Waals surface area contributed by atoms with Crippen LogP contribution < -0.4 is 22.3 Å². The summed E-state index contributed by atoms with van der Waals surface area (Å²) in [5, 5.41) is 2.88. The van der Waals surface area contributed by atoms with Gasteiger partial charge in [-0.15, -0.1) is 0 Å². The Labute approximate surface area is 119 Å². The molecule has 0 spiro atoms. The predicted octanol–water partition coefficient (Wildman–Crippen LogP) is -1.48. The first-order chi connectivity index (χ1) is 8.67. The standard InChI is InChI=1S/C14H17N3O.ClH/c1-3-12-4-6-13(7-5-12)15-14(18)10-17-9-8-16(2)11-17;/h4-9,11H,3,10H2,1-2H3;1H. The Morgan fingerprint density at radius 3 is 2.53 bits per heavy atom. The van der Waals surface area contributed by atoms with Crippen molar-refractivity contribution in [3.05, 3.63) is 48.5 Å². The normalized spacial score (nSPS) is 9.79. The van der Waals surface area contributed by atoms with E-state index in [2.05, 4.69) is 12.2 Å². The maximum absolute atomic E-state index is 11.8. The maximum atomic E-state index is 11.8. The van der Waals surface area contributed by atoms with Crippen molar-refractivity contribution < 1.29 is 21.8 Å². The number of halogens is 1. The van der Waals surface area contributed by atoms with E-state index in [4.69, 9.17) is 0 Å². The molecule has 0 radical (unpaired) electrons. The summed E-state index contributed by atoms with van der Waals surface area (Å²) < 4.78 is 3.75. The molecule has 5 heteroatoms. The second-order valence-corrected chi connectivity index (χ2v) is 4.35. The zero-order chi connectivity index (χ0) is 13.0. The lowest BCUT2D eigenvalue weighted by Crippen LogP contribution is -3.00. The summed E-state index contributed by atoms with van der Waals surface area (Å²) in [6.07, 6.45) is 6.66. The number of carbonyl (C=O) groups is 1. The van der Waals surface area contributed by atoms with Crippen LogP contribution in [0.15, 0.2) is 43.0 Å². The van der Waals surface area contributed by atoms with Gasteiger partial charge < -0.3 is 17.7 Å². The zero-order valence-electron chi connectivity index (χ0n) is 11.1. The molecule has 1 heterocycles. The van der Waals surface area contributed by atoms with E-state index >= 15 is 0 Å². The van der Waals surface area contributed by atoms with Crippen LogP contribution in [0.5, 0.6) is 0 Å². The summed E-state index contributed by atoms with van der Waals surface area (Å²) >= 11 is 0. The van der Waals surface area contributed by atoms with E-state index in [-0.39, 0.29) is 18.3 Å². The number of nitrogens with one attached hydrogen (secondary N) is 1. The third-order valence-electron chi connectivity index (χ3n) is 2.80. The largest absolute Gasteiger partial charge is 1.00 e. The number of aryl methyl sites for hydroxylation is 2. The van der Waals surface area contributed by atoms with E-state index in [9.17, 15) is 4.79 Å². The van der Waals surface area contributed by atoms with E-state index in [1.54, 1.807) is 0 Å². The highest BCUT2D eigenvalue weighted by atomic mass is 35.5. The van der Waals surface area contributed by atoms with Crippen LogP contribution in [0.25, 0.3) is 0 Å². The fraction of sp³-hybridized carbons (Fsp3) is 0.286. The lowest BCUT2D eigenvalue weighted by atomic mass is 10.1. The smallest absolute Gasteiger partial charge is 0.266 e. The van der Waals surface area contributed by atoms with E-state index in [0.717, 1.165) is 12.1 Å². The number of benzene rings is 1. The molecule has 0 aliphatic carbocycles. The minimum absolute atomic E-state index is 0. The number of carbonyl (C=O) groups excluding carboxylic acids is 1. The molecule has 1 aromatic carbocycles. The fourth-order valence-corrected chi connectivity index (χ4v) is 1.79. The fourth-order valence-electron chi connectivity index (χ4n) is 1.79. The van der Waals surface area contributed by atoms with Crippen molar-refractivity contribution in [2.45, 2.75) is 19.9 Å². The van der Waals surface area contributed by atoms with Gasteiger partial charge in [0.05, 0.1) is 7.05 Å². The molecule has 0 aliphatic heterocycles. The number of hydrogen-bond donors (Lipinski definition) is 1. The van der Waals surface area contributed by atoms with Gasteiger partial charge in [-0.05, 0) is 24.1 Å². The lowest BCUT2D eigenvalue weighted by molar-refractivity contribution is -0.671. The third-order valence-corrected chi connectivity index (χ3v) is 2.80. The minimum atomic E-state index is -0.0181. The van der Waals surface area contributed by atoms with Crippen molar-refractivity contribution in [1.82, 2.24) is 4.57 Å². The SMILES string of the molecule is CCc1ccc(NC(=O)Cn2cc[n+](C)c2)cc1.[Cl-]. The van der Waals surface area contributed by atoms with E-state index < -0.39 is 0 Å². The molecule has 0 bridgehead atoms. The Kier molecular flexibility index (Phi) is 5.57. The Hall–Kier alpha value is -1.81. The van der Waals surface area contributed by atoms with Gasteiger partial charge in [0.25, 0.3) is 5.91 Å². The molecule has 0 fully saturated rings. The summed E-state index contributed by atoms with van der Waals surface area (Å²) in [6.45, 7) is 2.44. The van der Waals surface area contributed by atoms with Crippen LogP contribution in [0.4, 0.5) is 5.69 Å². The molecular formula is C14H18ClN3O. The summed E-state index contributed by atoms with van der Waals surface area (Å²) in [5.41, 5.74) is 2.11.